The minimum atomic E-state index is -0.689. The first-order valence-corrected chi connectivity index (χ1v) is 7.30. The van der Waals surface area contributed by atoms with E-state index in [0.717, 1.165) is 0 Å². The lowest BCUT2D eigenvalue weighted by molar-refractivity contribution is -0.111. The SMILES string of the molecule is Cc1cc(O)c(C2=C(O)C(=C3C(O)=CC(C)C=C3O)C2=O)c(O)c1. The minimum absolute atomic E-state index is 0.162. The van der Waals surface area contributed by atoms with Crippen molar-refractivity contribution in [1.29, 1.82) is 0 Å². The molecule has 0 aliphatic heterocycles. The Morgan fingerprint density at radius 1 is 0.833 bits per heavy atom. The highest BCUT2D eigenvalue weighted by Gasteiger charge is 2.41. The van der Waals surface area contributed by atoms with Crippen LogP contribution >= 0.6 is 0 Å². The quantitative estimate of drug-likeness (QED) is 0.506. The normalized spacial score (nSPS) is 20.8. The second kappa shape index (κ2) is 5.19. The maximum Gasteiger partial charge on any atom is 0.202 e. The molecule has 6 heteroatoms. The number of ketones is 1. The van der Waals surface area contributed by atoms with Gasteiger partial charge in [-0.3, -0.25) is 4.79 Å². The Morgan fingerprint density at radius 2 is 1.33 bits per heavy atom. The third-order valence-electron chi connectivity index (χ3n) is 4.02. The topological polar surface area (TPSA) is 118 Å². The van der Waals surface area contributed by atoms with E-state index in [1.54, 1.807) is 13.8 Å². The number of hydrogen-bond acceptors (Lipinski definition) is 6. The molecular weight excluding hydrogens is 312 g/mol. The summed E-state index contributed by atoms with van der Waals surface area (Å²) in [6, 6.07) is 2.70. The predicted octanol–water partition coefficient (Wildman–Crippen LogP) is 3.09. The van der Waals surface area contributed by atoms with Crippen molar-refractivity contribution in [3.05, 3.63) is 63.8 Å². The van der Waals surface area contributed by atoms with Crippen LogP contribution in [-0.4, -0.2) is 31.3 Å². The molecule has 0 spiro atoms. The monoisotopic (exact) mass is 328 g/mol. The van der Waals surface area contributed by atoms with Crippen LogP contribution in [0.2, 0.25) is 0 Å². The number of phenolic OH excluding ortho intramolecular Hbond substituents is 2. The summed E-state index contributed by atoms with van der Waals surface area (Å²) < 4.78 is 0. The van der Waals surface area contributed by atoms with E-state index in [4.69, 9.17) is 0 Å². The molecule has 1 aromatic carbocycles. The molecule has 0 unspecified atom stereocenters. The number of aromatic hydroxyl groups is 2. The molecule has 0 fully saturated rings. The maximum absolute atomic E-state index is 12.5. The van der Waals surface area contributed by atoms with Crippen molar-refractivity contribution in [3.8, 4) is 11.5 Å². The van der Waals surface area contributed by atoms with Gasteiger partial charge in [-0.25, -0.2) is 0 Å². The molecule has 124 valence electrons. The van der Waals surface area contributed by atoms with Gasteiger partial charge in [0.1, 0.15) is 28.8 Å². The average Bonchev–Trinajstić information content (AvgIpc) is 2.46. The van der Waals surface area contributed by atoms with Crippen LogP contribution in [0.25, 0.3) is 5.57 Å². The third kappa shape index (κ3) is 2.15. The number of aliphatic hydroxyl groups is 3. The summed E-state index contributed by atoms with van der Waals surface area (Å²) in [7, 11) is 0. The van der Waals surface area contributed by atoms with Crippen LogP contribution in [0.1, 0.15) is 18.1 Å². The molecule has 3 rings (SSSR count). The summed E-state index contributed by atoms with van der Waals surface area (Å²) in [5.74, 6) is -2.72. The Morgan fingerprint density at radius 3 is 1.79 bits per heavy atom. The molecule has 0 heterocycles. The summed E-state index contributed by atoms with van der Waals surface area (Å²) in [5.41, 5.74) is -0.263. The largest absolute Gasteiger partial charge is 0.507 e. The molecule has 1 aromatic rings. The fourth-order valence-electron chi connectivity index (χ4n) is 2.97. The zero-order chi connectivity index (χ0) is 17.8. The second-order valence-electron chi connectivity index (χ2n) is 5.94. The molecule has 6 nitrogen and oxygen atoms in total. The number of carbonyl (C=O) groups excluding carboxylic acids is 1. The van der Waals surface area contributed by atoms with Gasteiger partial charge in [-0.05, 0) is 42.7 Å². The first-order chi connectivity index (χ1) is 11.2. The number of carbonyl (C=O) groups is 1. The summed E-state index contributed by atoms with van der Waals surface area (Å²) in [5, 5.41) is 50.2. The number of allylic oxidation sites excluding steroid dienone is 4. The van der Waals surface area contributed by atoms with Gasteiger partial charge >= 0.3 is 0 Å². The third-order valence-corrected chi connectivity index (χ3v) is 4.02. The van der Waals surface area contributed by atoms with Gasteiger partial charge in [-0.15, -0.1) is 0 Å². The van der Waals surface area contributed by atoms with Crippen LogP contribution in [0, 0.1) is 12.8 Å². The number of aryl methyl sites for hydroxylation is 1. The molecule has 0 atom stereocenters. The zero-order valence-electron chi connectivity index (χ0n) is 13.0. The smallest absolute Gasteiger partial charge is 0.202 e. The van der Waals surface area contributed by atoms with Crippen molar-refractivity contribution in [3.63, 3.8) is 0 Å². The van der Waals surface area contributed by atoms with E-state index in [-0.39, 0.29) is 51.2 Å². The predicted molar refractivity (Wildman–Crippen MR) is 86.7 cm³/mol. The van der Waals surface area contributed by atoms with Crippen molar-refractivity contribution >= 4 is 11.4 Å². The number of rotatable bonds is 1. The molecule has 2 aliphatic carbocycles. The Bertz CT molecular complexity index is 853. The zero-order valence-corrected chi connectivity index (χ0v) is 13.0. The molecule has 5 N–H and O–H groups in total. The van der Waals surface area contributed by atoms with Crippen molar-refractivity contribution < 1.29 is 30.3 Å². The Balaban J connectivity index is 2.20. The molecule has 0 radical (unpaired) electrons. The van der Waals surface area contributed by atoms with E-state index in [0.29, 0.717) is 5.56 Å². The van der Waals surface area contributed by atoms with Crippen molar-refractivity contribution in [2.45, 2.75) is 13.8 Å². The standard InChI is InChI=1S/C18H16O6/c1-7-3-9(19)13(10(20)4-7)15-17(23)16(18(15)24)14-11(21)5-8(2)6-12(14)22/h3-7,19-23H,1-2H3. The highest BCUT2D eigenvalue weighted by molar-refractivity contribution is 6.40. The first kappa shape index (κ1) is 15.7. The van der Waals surface area contributed by atoms with Crippen molar-refractivity contribution in [2.24, 2.45) is 5.92 Å². The average molecular weight is 328 g/mol. The fourth-order valence-corrected chi connectivity index (χ4v) is 2.97. The van der Waals surface area contributed by atoms with Crippen LogP contribution in [0.4, 0.5) is 0 Å². The first-order valence-electron chi connectivity index (χ1n) is 7.30. The molecule has 2 aliphatic rings. The van der Waals surface area contributed by atoms with Crippen LogP contribution in [0.5, 0.6) is 11.5 Å². The van der Waals surface area contributed by atoms with E-state index in [1.165, 1.54) is 24.3 Å². The van der Waals surface area contributed by atoms with Gasteiger partial charge in [0, 0.05) is 0 Å². The number of aliphatic hydroxyl groups excluding tert-OH is 3. The van der Waals surface area contributed by atoms with Gasteiger partial charge in [0.15, 0.2) is 0 Å². The second-order valence-corrected chi connectivity index (χ2v) is 5.94. The molecule has 0 saturated carbocycles. The number of Topliss-reactive ketones (excluding diaryl/α,β-unsaturated/α-hetero) is 1. The summed E-state index contributed by atoms with van der Waals surface area (Å²) in [6.07, 6.45) is 2.86. The number of phenols is 2. The summed E-state index contributed by atoms with van der Waals surface area (Å²) in [6.45, 7) is 3.39. The highest BCUT2D eigenvalue weighted by Crippen LogP contribution is 2.47. The Labute approximate surface area is 137 Å². The van der Waals surface area contributed by atoms with E-state index >= 15 is 0 Å². The van der Waals surface area contributed by atoms with Gasteiger partial charge < -0.3 is 25.5 Å². The van der Waals surface area contributed by atoms with Crippen molar-refractivity contribution in [2.75, 3.05) is 0 Å². The Kier molecular flexibility index (Phi) is 3.41. The highest BCUT2D eigenvalue weighted by atomic mass is 16.3. The summed E-state index contributed by atoms with van der Waals surface area (Å²) >= 11 is 0. The van der Waals surface area contributed by atoms with Crippen molar-refractivity contribution in [1.82, 2.24) is 0 Å². The van der Waals surface area contributed by atoms with Gasteiger partial charge in [0.25, 0.3) is 0 Å². The lowest BCUT2D eigenvalue weighted by Crippen LogP contribution is -2.25. The van der Waals surface area contributed by atoms with E-state index < -0.39 is 11.5 Å². The summed E-state index contributed by atoms with van der Waals surface area (Å²) in [4.78, 5) is 12.5. The lowest BCUT2D eigenvalue weighted by atomic mass is 9.78. The fraction of sp³-hybridized carbons (Fsp3) is 0.167. The van der Waals surface area contributed by atoms with Crippen LogP contribution < -0.4 is 0 Å². The van der Waals surface area contributed by atoms with E-state index in [1.807, 2.05) is 0 Å². The van der Waals surface area contributed by atoms with E-state index in [9.17, 15) is 30.3 Å². The Hall–Kier alpha value is -3.15. The molecular formula is C18H16O6. The van der Waals surface area contributed by atoms with Gasteiger partial charge in [0.2, 0.25) is 5.78 Å². The van der Waals surface area contributed by atoms with E-state index in [2.05, 4.69) is 0 Å². The van der Waals surface area contributed by atoms with Crippen LogP contribution in [-0.2, 0) is 4.79 Å². The molecule has 24 heavy (non-hydrogen) atoms. The molecule has 0 amide bonds. The van der Waals surface area contributed by atoms with Gasteiger partial charge in [0.05, 0.1) is 22.3 Å². The number of hydrogen-bond donors (Lipinski definition) is 5. The minimum Gasteiger partial charge on any atom is -0.507 e. The number of benzene rings is 1. The van der Waals surface area contributed by atoms with Crippen LogP contribution in [0.15, 0.2) is 52.7 Å². The maximum atomic E-state index is 12.5. The lowest BCUT2D eigenvalue weighted by Gasteiger charge is -2.26. The molecule has 0 bridgehead atoms. The van der Waals surface area contributed by atoms with Crippen LogP contribution in [0.3, 0.4) is 0 Å². The molecule has 0 aromatic heterocycles. The van der Waals surface area contributed by atoms with Gasteiger partial charge in [-0.2, -0.15) is 0 Å². The van der Waals surface area contributed by atoms with Gasteiger partial charge in [-0.1, -0.05) is 6.92 Å². The molecule has 0 saturated heterocycles.